The molecular weight excluding hydrogens is 415 g/mol. The largest absolute Gasteiger partial charge is 0.459 e. The number of rotatable bonds is 5. The van der Waals surface area contributed by atoms with Crippen LogP contribution in [0.5, 0.6) is 0 Å². The molecule has 0 aliphatic rings. The van der Waals surface area contributed by atoms with Gasteiger partial charge in [-0.15, -0.1) is 0 Å². The predicted octanol–water partition coefficient (Wildman–Crippen LogP) is 5.09. The van der Waals surface area contributed by atoms with Crippen molar-refractivity contribution in [3.63, 3.8) is 0 Å². The molecule has 27 heavy (non-hydrogen) atoms. The van der Waals surface area contributed by atoms with Gasteiger partial charge in [0.05, 0.1) is 6.26 Å². The maximum absolute atomic E-state index is 13.7. The molecule has 0 saturated carbocycles. The fourth-order valence-electron chi connectivity index (χ4n) is 2.27. The Hall–Kier alpha value is -3.19. The summed E-state index contributed by atoms with van der Waals surface area (Å²) < 4.78 is 19.4. The summed E-state index contributed by atoms with van der Waals surface area (Å²) in [4.78, 5) is 24.1. The Balaban J connectivity index is 1.65. The van der Waals surface area contributed by atoms with Crippen molar-refractivity contribution in [2.45, 2.75) is 0 Å². The Labute approximate surface area is 163 Å². The van der Waals surface area contributed by atoms with Crippen LogP contribution in [0.4, 0.5) is 15.8 Å². The maximum Gasteiger partial charge on any atom is 0.291 e. The molecular formula is C20H14BrFN2O3. The first-order valence-corrected chi connectivity index (χ1v) is 8.69. The Morgan fingerprint density at radius 1 is 1.00 bits per heavy atom. The zero-order valence-electron chi connectivity index (χ0n) is 13.9. The van der Waals surface area contributed by atoms with Crippen LogP contribution < -0.4 is 10.6 Å². The van der Waals surface area contributed by atoms with Crippen LogP contribution in [0, 0.1) is 5.82 Å². The summed E-state index contributed by atoms with van der Waals surface area (Å²) >= 11 is 3.26. The van der Waals surface area contributed by atoms with E-state index in [0.717, 1.165) is 0 Å². The lowest BCUT2D eigenvalue weighted by Gasteiger charge is -2.07. The quantitative estimate of drug-likeness (QED) is 0.556. The number of furan rings is 1. The van der Waals surface area contributed by atoms with E-state index >= 15 is 0 Å². The molecule has 0 aliphatic carbocycles. The van der Waals surface area contributed by atoms with Gasteiger partial charge in [-0.3, -0.25) is 9.59 Å². The molecule has 0 unspecified atom stereocenters. The summed E-state index contributed by atoms with van der Waals surface area (Å²) in [5.74, 6) is -1.06. The summed E-state index contributed by atoms with van der Waals surface area (Å²) in [6.07, 6.45) is 4.03. The van der Waals surface area contributed by atoms with E-state index in [9.17, 15) is 14.0 Å². The van der Waals surface area contributed by atoms with Crippen molar-refractivity contribution in [2.24, 2.45) is 0 Å². The minimum absolute atomic E-state index is 0.184. The van der Waals surface area contributed by atoms with Crippen LogP contribution >= 0.6 is 15.9 Å². The van der Waals surface area contributed by atoms with Crippen molar-refractivity contribution in [1.29, 1.82) is 0 Å². The molecule has 5 nitrogen and oxygen atoms in total. The van der Waals surface area contributed by atoms with Crippen LogP contribution in [-0.2, 0) is 4.79 Å². The summed E-state index contributed by atoms with van der Waals surface area (Å²) in [5.41, 5.74) is 1.27. The summed E-state index contributed by atoms with van der Waals surface area (Å²) in [6, 6.07) is 14.3. The normalized spacial score (nSPS) is 10.7. The molecule has 0 spiro atoms. The highest BCUT2D eigenvalue weighted by Gasteiger charge is 2.09. The Bertz CT molecular complexity index is 1000. The minimum atomic E-state index is -0.427. The van der Waals surface area contributed by atoms with Gasteiger partial charge < -0.3 is 15.1 Å². The summed E-state index contributed by atoms with van der Waals surface area (Å²) in [7, 11) is 0. The fourth-order valence-corrected chi connectivity index (χ4v) is 2.65. The molecule has 0 atom stereocenters. The summed E-state index contributed by atoms with van der Waals surface area (Å²) in [6.45, 7) is 0. The van der Waals surface area contributed by atoms with E-state index in [1.165, 1.54) is 24.5 Å². The van der Waals surface area contributed by atoms with Crippen molar-refractivity contribution >= 4 is 45.2 Å². The second kappa shape index (κ2) is 8.46. The van der Waals surface area contributed by atoms with E-state index in [2.05, 4.69) is 26.6 Å². The fraction of sp³-hybridized carbons (Fsp3) is 0. The number of nitrogens with one attached hydrogen (secondary N) is 2. The number of amides is 2. The molecule has 2 N–H and O–H groups in total. The standard InChI is InChI=1S/C20H14BrFN2O3/c21-14-7-8-17(22)13(11-14)6-9-19(25)23-15-3-1-4-16(12-15)24-20(26)18-5-2-10-27-18/h1-12H,(H,23,25)(H,24,26)/b9-6+. The molecule has 0 fully saturated rings. The molecule has 2 amide bonds. The van der Waals surface area contributed by atoms with Gasteiger partial charge in [-0.05, 0) is 54.6 Å². The molecule has 1 aromatic heterocycles. The van der Waals surface area contributed by atoms with E-state index < -0.39 is 17.6 Å². The van der Waals surface area contributed by atoms with Crippen molar-refractivity contribution < 1.29 is 18.4 Å². The van der Waals surface area contributed by atoms with Gasteiger partial charge in [0, 0.05) is 27.5 Å². The zero-order valence-corrected chi connectivity index (χ0v) is 15.5. The van der Waals surface area contributed by atoms with Gasteiger partial charge in [-0.1, -0.05) is 22.0 Å². The van der Waals surface area contributed by atoms with Crippen molar-refractivity contribution in [3.8, 4) is 0 Å². The molecule has 0 saturated heterocycles. The molecule has 3 aromatic rings. The molecule has 7 heteroatoms. The Morgan fingerprint density at radius 2 is 1.78 bits per heavy atom. The Kier molecular flexibility index (Phi) is 5.83. The lowest BCUT2D eigenvalue weighted by atomic mass is 10.2. The highest BCUT2D eigenvalue weighted by Crippen LogP contribution is 2.18. The van der Waals surface area contributed by atoms with Crippen LogP contribution in [0.15, 0.2) is 75.8 Å². The number of carbonyl (C=O) groups is 2. The van der Waals surface area contributed by atoms with E-state index in [1.54, 1.807) is 48.5 Å². The van der Waals surface area contributed by atoms with Crippen molar-refractivity contribution in [1.82, 2.24) is 0 Å². The van der Waals surface area contributed by atoms with Gasteiger partial charge >= 0.3 is 0 Å². The minimum Gasteiger partial charge on any atom is -0.459 e. The third-order valence-corrected chi connectivity index (χ3v) is 4.00. The van der Waals surface area contributed by atoms with Crippen molar-refractivity contribution in [3.05, 3.63) is 88.6 Å². The van der Waals surface area contributed by atoms with Gasteiger partial charge in [-0.2, -0.15) is 0 Å². The van der Waals surface area contributed by atoms with E-state index in [1.807, 2.05) is 0 Å². The first kappa shape index (κ1) is 18.6. The predicted molar refractivity (Wildman–Crippen MR) is 105 cm³/mol. The van der Waals surface area contributed by atoms with E-state index in [-0.39, 0.29) is 5.76 Å². The average molecular weight is 429 g/mol. The number of halogens is 2. The lowest BCUT2D eigenvalue weighted by Crippen LogP contribution is -2.12. The lowest BCUT2D eigenvalue weighted by molar-refractivity contribution is -0.111. The SMILES string of the molecule is O=C(/C=C/c1cc(Br)ccc1F)Nc1cccc(NC(=O)c2ccco2)c1. The van der Waals surface area contributed by atoms with Crippen LogP contribution in [0.1, 0.15) is 16.1 Å². The number of hydrogen-bond acceptors (Lipinski definition) is 3. The number of carbonyl (C=O) groups excluding carboxylic acids is 2. The molecule has 0 aliphatic heterocycles. The third-order valence-electron chi connectivity index (χ3n) is 3.51. The van der Waals surface area contributed by atoms with Gasteiger partial charge in [0.25, 0.3) is 5.91 Å². The topological polar surface area (TPSA) is 71.3 Å². The number of hydrogen-bond donors (Lipinski definition) is 2. The van der Waals surface area contributed by atoms with E-state index in [4.69, 9.17) is 4.42 Å². The Morgan fingerprint density at radius 3 is 2.52 bits per heavy atom. The highest BCUT2D eigenvalue weighted by molar-refractivity contribution is 9.10. The number of benzene rings is 2. The van der Waals surface area contributed by atoms with Gasteiger partial charge in [0.1, 0.15) is 5.82 Å². The van der Waals surface area contributed by atoms with Gasteiger partial charge in [-0.25, -0.2) is 4.39 Å². The first-order chi connectivity index (χ1) is 13.0. The molecule has 0 radical (unpaired) electrons. The molecule has 2 aromatic carbocycles. The van der Waals surface area contributed by atoms with Crippen LogP contribution in [0.3, 0.4) is 0 Å². The van der Waals surface area contributed by atoms with Crippen LogP contribution in [-0.4, -0.2) is 11.8 Å². The zero-order chi connectivity index (χ0) is 19.2. The molecule has 136 valence electrons. The van der Waals surface area contributed by atoms with Crippen molar-refractivity contribution in [2.75, 3.05) is 10.6 Å². The second-order valence-electron chi connectivity index (χ2n) is 5.50. The van der Waals surface area contributed by atoms with Crippen LogP contribution in [0.25, 0.3) is 6.08 Å². The van der Waals surface area contributed by atoms with Gasteiger partial charge in [0.15, 0.2) is 5.76 Å². The monoisotopic (exact) mass is 428 g/mol. The van der Waals surface area contributed by atoms with Crippen LogP contribution in [0.2, 0.25) is 0 Å². The third kappa shape index (κ3) is 5.15. The average Bonchev–Trinajstić information content (AvgIpc) is 3.18. The second-order valence-corrected chi connectivity index (χ2v) is 6.42. The smallest absolute Gasteiger partial charge is 0.291 e. The van der Waals surface area contributed by atoms with Gasteiger partial charge in [0.2, 0.25) is 5.91 Å². The van der Waals surface area contributed by atoms with E-state index in [0.29, 0.717) is 21.4 Å². The molecule has 0 bridgehead atoms. The summed E-state index contributed by atoms with van der Waals surface area (Å²) in [5, 5.41) is 5.33. The maximum atomic E-state index is 13.7. The number of anilines is 2. The first-order valence-electron chi connectivity index (χ1n) is 7.90. The molecule has 3 rings (SSSR count). The molecule has 1 heterocycles. The highest BCUT2D eigenvalue weighted by atomic mass is 79.9.